The molecule has 0 saturated carbocycles. The molecule has 0 bridgehead atoms. The van der Waals surface area contributed by atoms with Crippen molar-refractivity contribution in [2.24, 2.45) is 0 Å². The van der Waals surface area contributed by atoms with Gasteiger partial charge >= 0.3 is 0 Å². The predicted octanol–water partition coefficient (Wildman–Crippen LogP) is 1.60. The summed E-state index contributed by atoms with van der Waals surface area (Å²) in [5.74, 6) is 0.540. The molecule has 0 spiro atoms. The molecule has 2 heterocycles. The lowest BCUT2D eigenvalue weighted by atomic mass is 10.0. The van der Waals surface area contributed by atoms with Crippen LogP contribution in [0.15, 0.2) is 35.5 Å². The number of hydrogen-bond donors (Lipinski definition) is 2. The van der Waals surface area contributed by atoms with E-state index in [1.54, 1.807) is 12.4 Å². The molecule has 0 fully saturated rings. The summed E-state index contributed by atoms with van der Waals surface area (Å²) >= 11 is 0. The Morgan fingerprint density at radius 1 is 1.43 bits per heavy atom. The smallest absolute Gasteiger partial charge is 0.178 e. The van der Waals surface area contributed by atoms with Gasteiger partial charge in [-0.3, -0.25) is 0 Å². The third-order valence-corrected chi connectivity index (χ3v) is 5.48. The summed E-state index contributed by atoms with van der Waals surface area (Å²) in [6.45, 7) is 0.647. The van der Waals surface area contributed by atoms with Gasteiger partial charge in [0.2, 0.25) is 0 Å². The van der Waals surface area contributed by atoms with E-state index in [2.05, 4.69) is 15.3 Å². The van der Waals surface area contributed by atoms with Crippen LogP contribution in [0, 0.1) is 5.82 Å². The van der Waals surface area contributed by atoms with E-state index in [1.165, 1.54) is 18.2 Å². The predicted molar refractivity (Wildman–Crippen MR) is 76.1 cm³/mol. The van der Waals surface area contributed by atoms with Crippen LogP contribution >= 0.6 is 0 Å². The number of rotatable bonds is 4. The summed E-state index contributed by atoms with van der Waals surface area (Å²) in [5.41, 5.74) is 0.528. The number of aromatic amines is 1. The first-order chi connectivity index (χ1) is 10.1. The van der Waals surface area contributed by atoms with E-state index in [0.717, 1.165) is 5.82 Å². The minimum absolute atomic E-state index is 0.0874. The van der Waals surface area contributed by atoms with E-state index in [1.807, 2.05) is 0 Å². The molecule has 1 aliphatic heterocycles. The number of sulfone groups is 1. The summed E-state index contributed by atoms with van der Waals surface area (Å²) in [6, 6.07) is 3.73. The van der Waals surface area contributed by atoms with Crippen molar-refractivity contribution in [3.63, 3.8) is 0 Å². The van der Waals surface area contributed by atoms with Crippen molar-refractivity contribution >= 4 is 9.84 Å². The molecule has 1 aromatic carbocycles. The van der Waals surface area contributed by atoms with Gasteiger partial charge in [-0.2, -0.15) is 0 Å². The monoisotopic (exact) mass is 309 g/mol. The standard InChI is InChI=1S/C14H16FN3O2S/c15-10-1-2-13-11(9-10)12(4-8-21(13,19)20)16-5-3-14-17-6-7-18-14/h1-2,6-7,9,12,16H,3-5,8H2,(H,17,18). The van der Waals surface area contributed by atoms with Gasteiger partial charge in [0.25, 0.3) is 0 Å². The molecule has 1 aromatic heterocycles. The highest BCUT2D eigenvalue weighted by atomic mass is 32.2. The summed E-state index contributed by atoms with van der Waals surface area (Å²) in [6.07, 6.45) is 4.61. The summed E-state index contributed by atoms with van der Waals surface area (Å²) in [5, 5.41) is 3.29. The number of nitrogens with one attached hydrogen (secondary N) is 2. The Balaban J connectivity index is 1.76. The first kappa shape index (κ1) is 14.2. The Morgan fingerprint density at radius 2 is 2.29 bits per heavy atom. The minimum Gasteiger partial charge on any atom is -0.349 e. The Bertz CT molecular complexity index is 729. The lowest BCUT2D eigenvalue weighted by molar-refractivity contribution is 0.488. The number of halogens is 1. The van der Waals surface area contributed by atoms with Gasteiger partial charge in [0, 0.05) is 31.4 Å². The Labute approximate surface area is 122 Å². The quantitative estimate of drug-likeness (QED) is 0.841. The third kappa shape index (κ3) is 2.98. The number of hydrogen-bond acceptors (Lipinski definition) is 4. The Hall–Kier alpha value is -1.73. The number of benzene rings is 1. The van der Waals surface area contributed by atoms with Crippen molar-refractivity contribution in [2.45, 2.75) is 23.8 Å². The SMILES string of the molecule is O=S1(=O)CCC(NCCc2ncc[nH]2)c2cc(F)ccc21. The van der Waals surface area contributed by atoms with Crippen molar-refractivity contribution in [3.8, 4) is 0 Å². The number of H-pyrrole nitrogens is 1. The Morgan fingerprint density at radius 3 is 3.05 bits per heavy atom. The average Bonchev–Trinajstić information content (AvgIpc) is 2.94. The maximum absolute atomic E-state index is 13.4. The average molecular weight is 309 g/mol. The zero-order valence-corrected chi connectivity index (χ0v) is 12.2. The number of nitrogens with zero attached hydrogens (tertiary/aromatic N) is 1. The van der Waals surface area contributed by atoms with Gasteiger partial charge in [-0.1, -0.05) is 0 Å². The van der Waals surface area contributed by atoms with Gasteiger partial charge in [-0.25, -0.2) is 17.8 Å². The highest BCUT2D eigenvalue weighted by Crippen LogP contribution is 2.32. The second-order valence-corrected chi connectivity index (χ2v) is 7.16. The van der Waals surface area contributed by atoms with Gasteiger partial charge < -0.3 is 10.3 Å². The highest BCUT2D eigenvalue weighted by Gasteiger charge is 2.30. The van der Waals surface area contributed by atoms with Crippen molar-refractivity contribution in [2.75, 3.05) is 12.3 Å². The molecule has 5 nitrogen and oxygen atoms in total. The van der Waals surface area contributed by atoms with E-state index in [9.17, 15) is 12.8 Å². The zero-order chi connectivity index (χ0) is 14.9. The van der Waals surface area contributed by atoms with E-state index >= 15 is 0 Å². The van der Waals surface area contributed by atoms with Crippen molar-refractivity contribution < 1.29 is 12.8 Å². The van der Waals surface area contributed by atoms with Crippen molar-refractivity contribution in [1.29, 1.82) is 0 Å². The van der Waals surface area contributed by atoms with Crippen molar-refractivity contribution in [1.82, 2.24) is 15.3 Å². The van der Waals surface area contributed by atoms with Crippen LogP contribution in [0.3, 0.4) is 0 Å². The van der Waals surface area contributed by atoms with Crippen LogP contribution in [0.25, 0.3) is 0 Å². The molecular formula is C14H16FN3O2S. The van der Waals surface area contributed by atoms with Crippen molar-refractivity contribution in [3.05, 3.63) is 47.8 Å². The lowest BCUT2D eigenvalue weighted by Crippen LogP contribution is -2.31. The summed E-state index contributed by atoms with van der Waals surface area (Å²) < 4.78 is 37.5. The molecule has 1 atom stereocenters. The second kappa shape index (κ2) is 5.57. The molecule has 2 aromatic rings. The van der Waals surface area contributed by atoms with E-state index in [4.69, 9.17) is 0 Å². The number of aromatic nitrogens is 2. The van der Waals surface area contributed by atoms with Gasteiger partial charge in [-0.15, -0.1) is 0 Å². The van der Waals surface area contributed by atoms with Crippen LogP contribution in [0.4, 0.5) is 4.39 Å². The molecule has 21 heavy (non-hydrogen) atoms. The second-order valence-electron chi connectivity index (χ2n) is 5.08. The fourth-order valence-corrected chi connectivity index (χ4v) is 4.23. The van der Waals surface area contributed by atoms with Gasteiger partial charge in [-0.05, 0) is 30.2 Å². The zero-order valence-electron chi connectivity index (χ0n) is 11.3. The molecule has 0 saturated heterocycles. The van der Waals surface area contributed by atoms with E-state index < -0.39 is 15.7 Å². The van der Waals surface area contributed by atoms with E-state index in [0.29, 0.717) is 24.9 Å². The fraction of sp³-hybridized carbons (Fsp3) is 0.357. The highest BCUT2D eigenvalue weighted by molar-refractivity contribution is 7.91. The topological polar surface area (TPSA) is 74.8 Å². The first-order valence-electron chi connectivity index (χ1n) is 6.80. The lowest BCUT2D eigenvalue weighted by Gasteiger charge is -2.26. The van der Waals surface area contributed by atoms with Crippen LogP contribution in [-0.4, -0.2) is 30.7 Å². The maximum Gasteiger partial charge on any atom is 0.178 e. The minimum atomic E-state index is -3.29. The molecular weight excluding hydrogens is 293 g/mol. The molecule has 0 radical (unpaired) electrons. The summed E-state index contributed by atoms with van der Waals surface area (Å²) in [4.78, 5) is 7.38. The van der Waals surface area contributed by atoms with Gasteiger partial charge in [0.1, 0.15) is 11.6 Å². The number of imidazole rings is 1. The molecule has 1 unspecified atom stereocenters. The third-order valence-electron chi connectivity index (χ3n) is 3.66. The molecule has 2 N–H and O–H groups in total. The van der Waals surface area contributed by atoms with Crippen LogP contribution in [0.5, 0.6) is 0 Å². The van der Waals surface area contributed by atoms with Crippen LogP contribution in [0.1, 0.15) is 23.9 Å². The molecule has 1 aliphatic rings. The van der Waals surface area contributed by atoms with Crippen LogP contribution in [-0.2, 0) is 16.3 Å². The fourth-order valence-electron chi connectivity index (χ4n) is 2.62. The molecule has 7 heteroatoms. The largest absolute Gasteiger partial charge is 0.349 e. The molecule has 112 valence electrons. The maximum atomic E-state index is 13.4. The van der Waals surface area contributed by atoms with E-state index in [-0.39, 0.29) is 16.7 Å². The Kier molecular flexibility index (Phi) is 3.77. The van der Waals surface area contributed by atoms with Gasteiger partial charge in [0.05, 0.1) is 10.6 Å². The van der Waals surface area contributed by atoms with Crippen LogP contribution in [0.2, 0.25) is 0 Å². The molecule has 3 rings (SSSR count). The van der Waals surface area contributed by atoms with Crippen LogP contribution < -0.4 is 5.32 Å². The normalized spacial score (nSPS) is 20.1. The first-order valence-corrected chi connectivity index (χ1v) is 8.45. The number of fused-ring (bicyclic) bond motifs is 1. The van der Waals surface area contributed by atoms with Gasteiger partial charge in [0.15, 0.2) is 9.84 Å². The molecule has 0 amide bonds. The summed E-state index contributed by atoms with van der Waals surface area (Å²) in [7, 11) is -3.29. The molecule has 0 aliphatic carbocycles.